The maximum Gasteiger partial charge on any atom is 0.190 e. The third kappa shape index (κ3) is 13.4. The van der Waals surface area contributed by atoms with E-state index in [0.717, 1.165) is 38.7 Å². The summed E-state index contributed by atoms with van der Waals surface area (Å²) >= 11 is 0. The predicted molar refractivity (Wildman–Crippen MR) is 107 cm³/mol. The lowest BCUT2D eigenvalue weighted by atomic mass is 10.0. The van der Waals surface area contributed by atoms with Crippen LogP contribution in [0.2, 0.25) is 0 Å². The molecular weight excluding hydrogens is 315 g/mol. The van der Waals surface area contributed by atoms with Crippen LogP contribution in [0.1, 0.15) is 124 Å². The Labute approximate surface area is 153 Å². The highest BCUT2D eigenvalue weighted by Crippen LogP contribution is 2.37. The molecule has 0 aromatic heterocycles. The quantitative estimate of drug-likeness (QED) is 0.171. The maximum absolute atomic E-state index is 11.9. The van der Waals surface area contributed by atoms with Gasteiger partial charge in [0.2, 0.25) is 0 Å². The monoisotopic (exact) mass is 358 g/mol. The molecule has 3 heteroatoms. The van der Waals surface area contributed by atoms with Crippen LogP contribution >= 0.6 is 8.46 Å². The van der Waals surface area contributed by atoms with Gasteiger partial charge in [0.1, 0.15) is 5.34 Å². The molecule has 24 heavy (non-hydrogen) atoms. The molecular formula is C21H43O2P. The standard InChI is InChI=1S/C21H43O2P/c1-4-7-10-13-14-17-20-23-21(24-22,18-15-11-8-5-2)19-16-12-9-6-3/h4-20H2,1-3H3. The highest BCUT2D eigenvalue weighted by atomic mass is 31.1. The lowest BCUT2D eigenvalue weighted by molar-refractivity contribution is 0.00358. The predicted octanol–water partition coefficient (Wildman–Crippen LogP) is 8.29. The van der Waals surface area contributed by atoms with Gasteiger partial charge in [-0.15, -0.1) is 0 Å². The summed E-state index contributed by atoms with van der Waals surface area (Å²) in [7, 11) is 0.208. The minimum atomic E-state index is -0.398. The van der Waals surface area contributed by atoms with E-state index < -0.39 is 5.34 Å². The van der Waals surface area contributed by atoms with Gasteiger partial charge < -0.3 is 4.74 Å². The van der Waals surface area contributed by atoms with E-state index in [1.165, 1.54) is 70.6 Å². The molecule has 0 aliphatic heterocycles. The smallest absolute Gasteiger partial charge is 0.190 e. The zero-order valence-electron chi connectivity index (χ0n) is 16.8. The van der Waals surface area contributed by atoms with Gasteiger partial charge in [-0.2, -0.15) is 0 Å². The van der Waals surface area contributed by atoms with Gasteiger partial charge in [-0.25, -0.2) is 0 Å². The van der Waals surface area contributed by atoms with E-state index in [2.05, 4.69) is 20.8 Å². The molecule has 0 saturated carbocycles. The zero-order chi connectivity index (χ0) is 17.9. The Bertz CT molecular complexity index is 257. The van der Waals surface area contributed by atoms with Gasteiger partial charge in [0.25, 0.3) is 0 Å². The zero-order valence-corrected chi connectivity index (χ0v) is 17.7. The lowest BCUT2D eigenvalue weighted by Crippen LogP contribution is -2.26. The summed E-state index contributed by atoms with van der Waals surface area (Å²) in [6, 6.07) is 0. The van der Waals surface area contributed by atoms with Crippen molar-refractivity contribution in [1.29, 1.82) is 0 Å². The largest absolute Gasteiger partial charge is 0.363 e. The fraction of sp³-hybridized carbons (Fsp3) is 1.00. The molecule has 0 saturated heterocycles. The average Bonchev–Trinajstić information content (AvgIpc) is 2.61. The maximum atomic E-state index is 11.9. The second kappa shape index (κ2) is 17.9. The normalized spacial score (nSPS) is 12.1. The van der Waals surface area contributed by atoms with Crippen LogP contribution in [0.3, 0.4) is 0 Å². The first kappa shape index (κ1) is 24.1. The molecule has 0 bridgehead atoms. The molecule has 0 heterocycles. The molecule has 144 valence electrons. The van der Waals surface area contributed by atoms with Crippen molar-refractivity contribution in [3.05, 3.63) is 0 Å². The second-order valence-corrected chi connectivity index (χ2v) is 8.27. The summed E-state index contributed by atoms with van der Waals surface area (Å²) in [6.07, 6.45) is 19.4. The summed E-state index contributed by atoms with van der Waals surface area (Å²) in [5.74, 6) is 0. The van der Waals surface area contributed by atoms with E-state index in [0.29, 0.717) is 0 Å². The van der Waals surface area contributed by atoms with E-state index >= 15 is 0 Å². The van der Waals surface area contributed by atoms with Crippen LogP contribution in [-0.2, 0) is 9.30 Å². The van der Waals surface area contributed by atoms with Gasteiger partial charge in [0.15, 0.2) is 8.46 Å². The van der Waals surface area contributed by atoms with Crippen molar-refractivity contribution in [1.82, 2.24) is 0 Å². The number of hydrogen-bond acceptors (Lipinski definition) is 2. The molecule has 0 atom stereocenters. The number of ether oxygens (including phenoxy) is 1. The topological polar surface area (TPSA) is 26.3 Å². The Kier molecular flexibility index (Phi) is 17.9. The van der Waals surface area contributed by atoms with Crippen LogP contribution in [0.15, 0.2) is 0 Å². The van der Waals surface area contributed by atoms with E-state index in [1.807, 2.05) is 0 Å². The molecule has 0 aliphatic carbocycles. The lowest BCUT2D eigenvalue weighted by Gasteiger charge is -2.27. The highest BCUT2D eigenvalue weighted by Gasteiger charge is 2.30. The van der Waals surface area contributed by atoms with Crippen molar-refractivity contribution >= 4 is 8.46 Å². The summed E-state index contributed by atoms with van der Waals surface area (Å²) in [5, 5.41) is -0.398. The summed E-state index contributed by atoms with van der Waals surface area (Å²) < 4.78 is 18.2. The molecule has 0 fully saturated rings. The Morgan fingerprint density at radius 3 is 1.50 bits per heavy atom. The minimum Gasteiger partial charge on any atom is -0.363 e. The van der Waals surface area contributed by atoms with E-state index in [-0.39, 0.29) is 8.46 Å². The molecule has 0 unspecified atom stereocenters. The van der Waals surface area contributed by atoms with E-state index in [4.69, 9.17) is 4.74 Å². The van der Waals surface area contributed by atoms with Crippen molar-refractivity contribution in [2.75, 3.05) is 6.61 Å². The first-order valence-corrected chi connectivity index (χ1v) is 11.5. The summed E-state index contributed by atoms with van der Waals surface area (Å²) in [4.78, 5) is 0. The van der Waals surface area contributed by atoms with Crippen molar-refractivity contribution in [3.63, 3.8) is 0 Å². The summed E-state index contributed by atoms with van der Waals surface area (Å²) in [6.45, 7) is 7.50. The number of rotatable bonds is 19. The SMILES string of the molecule is CCCCCCCCOC(CCCCCC)(CCCCCC)P=O. The third-order valence-corrected chi connectivity index (χ3v) is 5.79. The molecule has 0 radical (unpaired) electrons. The summed E-state index contributed by atoms with van der Waals surface area (Å²) in [5.41, 5.74) is 0. The molecule has 0 amide bonds. The molecule has 0 spiro atoms. The van der Waals surface area contributed by atoms with Gasteiger partial charge in [-0.1, -0.05) is 91.4 Å². The Morgan fingerprint density at radius 1 is 0.625 bits per heavy atom. The first-order chi connectivity index (χ1) is 11.7. The van der Waals surface area contributed by atoms with Gasteiger partial charge >= 0.3 is 0 Å². The van der Waals surface area contributed by atoms with Crippen LogP contribution in [0.5, 0.6) is 0 Å². The first-order valence-electron chi connectivity index (χ1n) is 10.7. The molecule has 0 rings (SSSR count). The van der Waals surface area contributed by atoms with Crippen molar-refractivity contribution in [2.45, 2.75) is 129 Å². The van der Waals surface area contributed by atoms with Crippen molar-refractivity contribution in [3.8, 4) is 0 Å². The van der Waals surface area contributed by atoms with Crippen LogP contribution in [0.25, 0.3) is 0 Å². The van der Waals surface area contributed by atoms with Crippen LogP contribution in [-0.4, -0.2) is 11.9 Å². The van der Waals surface area contributed by atoms with Crippen molar-refractivity contribution < 1.29 is 9.30 Å². The fourth-order valence-corrected chi connectivity index (χ4v) is 3.83. The Balaban J connectivity index is 4.18. The second-order valence-electron chi connectivity index (χ2n) is 7.28. The van der Waals surface area contributed by atoms with Crippen LogP contribution in [0.4, 0.5) is 0 Å². The van der Waals surface area contributed by atoms with Gasteiger partial charge in [0, 0.05) is 6.61 Å². The van der Waals surface area contributed by atoms with Crippen molar-refractivity contribution in [2.24, 2.45) is 0 Å². The van der Waals surface area contributed by atoms with Gasteiger partial charge in [-0.3, -0.25) is 4.57 Å². The number of hydrogen-bond donors (Lipinski definition) is 0. The highest BCUT2D eigenvalue weighted by molar-refractivity contribution is 7.25. The molecule has 0 N–H and O–H groups in total. The molecule has 0 aromatic rings. The third-order valence-electron chi connectivity index (χ3n) is 4.88. The Hall–Kier alpha value is 0.0600. The van der Waals surface area contributed by atoms with Crippen LogP contribution < -0.4 is 0 Å². The minimum absolute atomic E-state index is 0.208. The average molecular weight is 359 g/mol. The van der Waals surface area contributed by atoms with Gasteiger partial charge in [-0.05, 0) is 32.1 Å². The molecule has 0 aromatic carbocycles. The molecule has 2 nitrogen and oxygen atoms in total. The van der Waals surface area contributed by atoms with E-state index in [1.54, 1.807) is 0 Å². The van der Waals surface area contributed by atoms with Crippen LogP contribution in [0, 0.1) is 0 Å². The Morgan fingerprint density at radius 2 is 1.04 bits per heavy atom. The number of unbranched alkanes of at least 4 members (excludes halogenated alkanes) is 11. The fourth-order valence-electron chi connectivity index (χ4n) is 3.19. The van der Waals surface area contributed by atoms with E-state index in [9.17, 15) is 4.57 Å². The van der Waals surface area contributed by atoms with Gasteiger partial charge in [0.05, 0.1) is 0 Å². The molecule has 0 aliphatic rings.